The number of carbonyl (C=O) groups is 1. The molecule has 2 aromatic rings. The first-order valence-corrected chi connectivity index (χ1v) is 10.1. The summed E-state index contributed by atoms with van der Waals surface area (Å²) in [5.74, 6) is 0.279. The van der Waals surface area contributed by atoms with E-state index in [2.05, 4.69) is 23.8 Å². The van der Waals surface area contributed by atoms with Gasteiger partial charge in [-0.25, -0.2) is 4.39 Å². The first-order chi connectivity index (χ1) is 13.3. The van der Waals surface area contributed by atoms with Gasteiger partial charge in [0.1, 0.15) is 5.82 Å². The third kappa shape index (κ3) is 4.27. The Morgan fingerprint density at radius 3 is 2.46 bits per heavy atom. The lowest BCUT2D eigenvalue weighted by molar-refractivity contribution is 0.0701. The molecule has 0 radical (unpaired) electrons. The maximum absolute atomic E-state index is 13.3. The number of aromatic nitrogens is 2. The number of benzene rings is 1. The number of rotatable bonds is 4. The lowest BCUT2D eigenvalue weighted by Crippen LogP contribution is -2.45. The Morgan fingerprint density at radius 2 is 1.89 bits per heavy atom. The van der Waals surface area contributed by atoms with E-state index in [0.29, 0.717) is 12.5 Å². The molecule has 1 aliphatic rings. The molecule has 152 valence electrons. The van der Waals surface area contributed by atoms with Crippen LogP contribution in [0.5, 0.6) is 0 Å². The van der Waals surface area contributed by atoms with Crippen LogP contribution in [-0.2, 0) is 13.6 Å². The molecule has 1 atom stereocenters. The Morgan fingerprint density at radius 1 is 1.21 bits per heavy atom. The second-order valence-corrected chi connectivity index (χ2v) is 8.18. The maximum Gasteiger partial charge on any atom is 0.257 e. The van der Waals surface area contributed by atoms with E-state index in [9.17, 15) is 9.18 Å². The number of hydrogen-bond donors (Lipinski definition) is 0. The summed E-state index contributed by atoms with van der Waals surface area (Å²) >= 11 is 0. The third-order valence-electron chi connectivity index (χ3n) is 5.83. The zero-order chi connectivity index (χ0) is 20.4. The van der Waals surface area contributed by atoms with E-state index in [0.717, 1.165) is 48.6 Å². The Kier molecular flexibility index (Phi) is 6.18. The molecular weight excluding hydrogens is 355 g/mol. The molecule has 6 heteroatoms. The van der Waals surface area contributed by atoms with E-state index in [1.54, 1.807) is 4.68 Å². The standard InChI is InChI=1S/C22H31FN4O/c1-15(2)20-14-27(22(28)21-16(3)24-25(5)17(21)4)12-6-11-26(20)13-18-7-9-19(23)10-8-18/h7-10,15,20H,6,11-14H2,1-5H3. The second-order valence-electron chi connectivity index (χ2n) is 8.18. The Labute approximate surface area is 167 Å². The molecule has 1 amide bonds. The van der Waals surface area contributed by atoms with Crippen molar-refractivity contribution >= 4 is 5.91 Å². The van der Waals surface area contributed by atoms with E-state index in [1.807, 2.05) is 37.9 Å². The van der Waals surface area contributed by atoms with Crippen molar-refractivity contribution in [3.63, 3.8) is 0 Å². The summed E-state index contributed by atoms with van der Waals surface area (Å²) in [6.45, 7) is 11.4. The topological polar surface area (TPSA) is 41.4 Å². The van der Waals surface area contributed by atoms with E-state index < -0.39 is 0 Å². The molecule has 1 aromatic carbocycles. The van der Waals surface area contributed by atoms with Gasteiger partial charge in [-0.2, -0.15) is 5.10 Å². The summed E-state index contributed by atoms with van der Waals surface area (Å²) < 4.78 is 15.0. The van der Waals surface area contributed by atoms with Gasteiger partial charge in [-0.05, 0) is 43.9 Å². The maximum atomic E-state index is 13.3. The number of nitrogens with zero attached hydrogens (tertiary/aromatic N) is 4. The van der Waals surface area contributed by atoms with E-state index in [4.69, 9.17) is 0 Å². The van der Waals surface area contributed by atoms with Crippen molar-refractivity contribution in [1.29, 1.82) is 0 Å². The lowest BCUT2D eigenvalue weighted by atomic mass is 10.0. The summed E-state index contributed by atoms with van der Waals surface area (Å²) in [5.41, 5.74) is 3.54. The van der Waals surface area contributed by atoms with Gasteiger partial charge >= 0.3 is 0 Å². The van der Waals surface area contributed by atoms with Gasteiger partial charge in [0.25, 0.3) is 5.91 Å². The molecule has 1 aromatic heterocycles. The quantitative estimate of drug-likeness (QED) is 0.807. The van der Waals surface area contributed by atoms with Gasteiger partial charge < -0.3 is 4.90 Å². The molecular formula is C22H31FN4O. The minimum absolute atomic E-state index is 0.0809. The van der Waals surface area contributed by atoms with Gasteiger partial charge in [0.05, 0.1) is 11.3 Å². The van der Waals surface area contributed by atoms with Crippen molar-refractivity contribution < 1.29 is 9.18 Å². The lowest BCUT2D eigenvalue weighted by Gasteiger charge is -2.34. The predicted molar refractivity (Wildman–Crippen MR) is 109 cm³/mol. The van der Waals surface area contributed by atoms with Crippen LogP contribution in [0.1, 0.15) is 47.6 Å². The van der Waals surface area contributed by atoms with E-state index in [-0.39, 0.29) is 17.8 Å². The zero-order valence-corrected chi connectivity index (χ0v) is 17.6. The van der Waals surface area contributed by atoms with E-state index >= 15 is 0 Å². The highest BCUT2D eigenvalue weighted by molar-refractivity contribution is 5.96. The van der Waals surface area contributed by atoms with E-state index in [1.165, 1.54) is 12.1 Å². The van der Waals surface area contributed by atoms with Crippen molar-refractivity contribution in [3.8, 4) is 0 Å². The van der Waals surface area contributed by atoms with Gasteiger partial charge in [0.15, 0.2) is 0 Å². The summed E-state index contributed by atoms with van der Waals surface area (Å²) in [7, 11) is 1.88. The van der Waals surface area contributed by atoms with Crippen LogP contribution in [0.3, 0.4) is 0 Å². The van der Waals surface area contributed by atoms with Gasteiger partial charge in [0.2, 0.25) is 0 Å². The molecule has 1 fully saturated rings. The smallest absolute Gasteiger partial charge is 0.257 e. The largest absolute Gasteiger partial charge is 0.337 e. The predicted octanol–water partition coefficient (Wildman–Crippen LogP) is 3.55. The van der Waals surface area contributed by atoms with Gasteiger partial charge in [-0.15, -0.1) is 0 Å². The van der Waals surface area contributed by atoms with Crippen LogP contribution >= 0.6 is 0 Å². The molecule has 0 bridgehead atoms. The Balaban J connectivity index is 1.80. The summed E-state index contributed by atoms with van der Waals surface area (Å²) in [5, 5.41) is 4.41. The van der Waals surface area contributed by atoms with Crippen molar-refractivity contribution in [2.75, 3.05) is 19.6 Å². The minimum Gasteiger partial charge on any atom is -0.337 e. The Bertz CT molecular complexity index is 828. The number of aryl methyl sites for hydroxylation is 2. The summed E-state index contributed by atoms with van der Waals surface area (Å²) in [6, 6.07) is 6.99. The normalized spacial score (nSPS) is 18.5. The molecule has 0 aliphatic carbocycles. The number of carbonyl (C=O) groups excluding carboxylic acids is 1. The van der Waals surface area contributed by atoms with Crippen molar-refractivity contribution in [1.82, 2.24) is 19.6 Å². The molecule has 0 N–H and O–H groups in total. The van der Waals surface area contributed by atoms with Gasteiger partial charge in [-0.3, -0.25) is 14.4 Å². The minimum atomic E-state index is -0.209. The average Bonchev–Trinajstić information content (AvgIpc) is 2.81. The molecule has 1 unspecified atom stereocenters. The first kappa shape index (κ1) is 20.5. The van der Waals surface area contributed by atoms with Crippen molar-refractivity contribution in [2.45, 2.75) is 46.7 Å². The monoisotopic (exact) mass is 386 g/mol. The van der Waals surface area contributed by atoms with Crippen LogP contribution in [0.4, 0.5) is 4.39 Å². The third-order valence-corrected chi connectivity index (χ3v) is 5.83. The van der Waals surface area contributed by atoms with Crippen LogP contribution < -0.4 is 0 Å². The molecule has 28 heavy (non-hydrogen) atoms. The molecule has 0 spiro atoms. The van der Waals surface area contributed by atoms with Gasteiger partial charge in [0, 0.05) is 45.0 Å². The molecule has 0 saturated carbocycles. The summed E-state index contributed by atoms with van der Waals surface area (Å²) in [6.07, 6.45) is 0.925. The number of hydrogen-bond acceptors (Lipinski definition) is 3. The zero-order valence-electron chi connectivity index (χ0n) is 17.6. The second kappa shape index (κ2) is 8.43. The van der Waals surface area contributed by atoms with Crippen molar-refractivity contribution in [3.05, 3.63) is 52.6 Å². The fourth-order valence-corrected chi connectivity index (χ4v) is 4.14. The SMILES string of the molecule is Cc1nn(C)c(C)c1C(=O)N1CCCN(Cc2ccc(F)cc2)C(C(C)C)C1. The molecule has 1 aliphatic heterocycles. The molecule has 2 heterocycles. The molecule has 5 nitrogen and oxygen atoms in total. The van der Waals surface area contributed by atoms with Crippen LogP contribution in [-0.4, -0.2) is 51.2 Å². The Hall–Kier alpha value is -2.21. The number of halogens is 1. The fraction of sp³-hybridized carbons (Fsp3) is 0.545. The van der Waals surface area contributed by atoms with Gasteiger partial charge in [-0.1, -0.05) is 26.0 Å². The number of amides is 1. The fourth-order valence-electron chi connectivity index (χ4n) is 4.14. The highest BCUT2D eigenvalue weighted by atomic mass is 19.1. The highest BCUT2D eigenvalue weighted by Gasteiger charge is 2.31. The summed E-state index contributed by atoms with van der Waals surface area (Å²) in [4.78, 5) is 17.7. The average molecular weight is 387 g/mol. The highest BCUT2D eigenvalue weighted by Crippen LogP contribution is 2.23. The van der Waals surface area contributed by atoms with Crippen LogP contribution in [0.2, 0.25) is 0 Å². The van der Waals surface area contributed by atoms with Crippen LogP contribution in [0, 0.1) is 25.6 Å². The van der Waals surface area contributed by atoms with Crippen LogP contribution in [0.15, 0.2) is 24.3 Å². The molecule has 3 rings (SSSR count). The molecule has 1 saturated heterocycles. The first-order valence-electron chi connectivity index (χ1n) is 10.1. The van der Waals surface area contributed by atoms with Crippen LogP contribution in [0.25, 0.3) is 0 Å². The van der Waals surface area contributed by atoms with Crippen molar-refractivity contribution in [2.24, 2.45) is 13.0 Å².